The molecule has 0 aliphatic carbocycles. The molecule has 0 fully saturated rings. The Hall–Kier alpha value is -2.63. The number of benzene rings is 5. The van der Waals surface area contributed by atoms with Crippen molar-refractivity contribution in [1.82, 2.24) is 2.78 Å². The maximum absolute atomic E-state index is 2.49. The van der Waals surface area contributed by atoms with Crippen LogP contribution in [0.4, 0.5) is 0 Å². The van der Waals surface area contributed by atoms with Gasteiger partial charge in [0.2, 0.25) is 0 Å². The summed E-state index contributed by atoms with van der Waals surface area (Å²) < 4.78 is 5.08. The van der Waals surface area contributed by atoms with Gasteiger partial charge in [0.1, 0.15) is 0 Å². The quantitative estimate of drug-likeness (QED) is 0.145. The van der Waals surface area contributed by atoms with Crippen molar-refractivity contribution in [1.29, 1.82) is 0 Å². The van der Waals surface area contributed by atoms with Crippen molar-refractivity contribution in [2.24, 2.45) is 0 Å². The molecule has 0 bridgehead atoms. The predicted octanol–water partition coefficient (Wildman–Crippen LogP) is 8.67. The van der Waals surface area contributed by atoms with E-state index in [0.29, 0.717) is 0 Å². The number of nitrogens with zero attached hydrogens (tertiary/aromatic N) is 1. The van der Waals surface area contributed by atoms with Crippen LogP contribution in [0.1, 0.15) is 0 Å². The Morgan fingerprint density at radius 1 is 0.517 bits per heavy atom. The number of thiophene rings is 1. The monoisotopic (exact) mass is 499 g/mol. The maximum Gasteiger partial charge on any atom is 0.0675 e. The lowest BCUT2D eigenvalue weighted by Gasteiger charge is -2.08. The minimum Gasteiger partial charge on any atom is -0.281 e. The molecule has 0 N–H and O–H groups in total. The fourth-order valence-electron chi connectivity index (χ4n) is 4.92. The van der Waals surface area contributed by atoms with Gasteiger partial charge >= 0.3 is 0 Å². The summed E-state index contributed by atoms with van der Waals surface area (Å²) in [5.74, 6) is 0. The summed E-state index contributed by atoms with van der Waals surface area (Å²) in [5.41, 5.74) is 2.61. The van der Waals surface area contributed by atoms with Crippen LogP contribution in [0.25, 0.3) is 63.5 Å². The smallest absolute Gasteiger partial charge is 0.0675 e. The molecule has 7 aromatic rings. The molecule has 136 valence electrons. The van der Waals surface area contributed by atoms with Crippen molar-refractivity contribution >= 4 is 97.7 Å². The summed E-state index contributed by atoms with van der Waals surface area (Å²) in [6, 6.07) is 31.1. The number of fused-ring (bicyclic) bond motifs is 12. The molecule has 0 saturated carbocycles. The molecule has 0 saturated heterocycles. The molecule has 29 heavy (non-hydrogen) atoms. The van der Waals surface area contributed by atoms with Crippen molar-refractivity contribution in [2.45, 2.75) is 0 Å². The average molecular weight is 499 g/mol. The Morgan fingerprint density at radius 2 is 1.14 bits per heavy atom. The molecule has 0 aliphatic heterocycles. The predicted molar refractivity (Wildman–Crippen MR) is 137 cm³/mol. The van der Waals surface area contributed by atoms with Gasteiger partial charge in [-0.3, -0.25) is 2.78 Å². The number of hydrogen-bond donors (Lipinski definition) is 0. The van der Waals surface area contributed by atoms with Gasteiger partial charge in [0, 0.05) is 36.3 Å². The van der Waals surface area contributed by atoms with Gasteiger partial charge in [-0.2, -0.15) is 0 Å². The molecule has 1 nitrogen and oxygen atoms in total. The van der Waals surface area contributed by atoms with Gasteiger partial charge in [0.15, 0.2) is 0 Å². The van der Waals surface area contributed by atoms with E-state index in [1.54, 1.807) is 0 Å². The van der Waals surface area contributed by atoms with Crippen LogP contribution in [0, 0.1) is 0 Å². The highest BCUT2D eigenvalue weighted by Gasteiger charge is 2.20. The SMILES string of the molecule is In1c2ccc3sc4ccccc4c3c2c2c3ccccc3c3ccccc3c21. The van der Waals surface area contributed by atoms with Crippen LogP contribution in [-0.2, 0) is 0 Å². The van der Waals surface area contributed by atoms with Crippen molar-refractivity contribution < 1.29 is 0 Å². The van der Waals surface area contributed by atoms with Crippen molar-refractivity contribution in [2.75, 3.05) is 0 Å². The zero-order valence-corrected chi connectivity index (χ0v) is 18.3. The summed E-state index contributed by atoms with van der Waals surface area (Å²) in [6.45, 7) is 0. The van der Waals surface area contributed by atoms with E-state index in [9.17, 15) is 0 Å². The third-order valence-electron chi connectivity index (χ3n) is 6.08. The molecule has 0 unspecified atom stereocenters. The van der Waals surface area contributed by atoms with E-state index in [-0.39, 0.29) is 0 Å². The van der Waals surface area contributed by atoms with Crippen LogP contribution in [0.2, 0.25) is 0 Å². The summed E-state index contributed by atoms with van der Waals surface area (Å²) >= 11 is 4.38. The number of rotatable bonds is 0. The van der Waals surface area contributed by atoms with Gasteiger partial charge in [0.25, 0.3) is 0 Å². The molecule has 7 rings (SSSR count). The molecular formula is C26H14INS. The van der Waals surface area contributed by atoms with Crippen LogP contribution in [0.15, 0.2) is 84.9 Å². The normalized spacial score (nSPS) is 12.3. The number of halogens is 1. The van der Waals surface area contributed by atoms with Crippen LogP contribution in [0.3, 0.4) is 0 Å². The lowest BCUT2D eigenvalue weighted by molar-refractivity contribution is 1.52. The van der Waals surface area contributed by atoms with E-state index in [2.05, 4.69) is 111 Å². The number of aromatic nitrogens is 1. The first kappa shape index (κ1) is 16.2. The van der Waals surface area contributed by atoms with Crippen LogP contribution in [-0.4, -0.2) is 2.78 Å². The molecule has 2 aromatic heterocycles. The molecule has 0 aliphatic rings. The second kappa shape index (κ2) is 5.71. The van der Waals surface area contributed by atoms with E-state index < -0.39 is 0 Å². The second-order valence-electron chi connectivity index (χ2n) is 7.53. The highest BCUT2D eigenvalue weighted by molar-refractivity contribution is 14.1. The molecule has 3 heteroatoms. The third kappa shape index (κ3) is 1.99. The van der Waals surface area contributed by atoms with Gasteiger partial charge in [0.05, 0.1) is 33.9 Å². The Labute approximate surface area is 184 Å². The summed E-state index contributed by atoms with van der Waals surface area (Å²) in [7, 11) is 0. The van der Waals surface area contributed by atoms with Gasteiger partial charge in [-0.1, -0.05) is 66.7 Å². The summed E-state index contributed by atoms with van der Waals surface area (Å²) in [4.78, 5) is 0. The largest absolute Gasteiger partial charge is 0.281 e. The molecular weight excluding hydrogens is 485 g/mol. The lowest BCUT2D eigenvalue weighted by Crippen LogP contribution is -1.83. The second-order valence-corrected chi connectivity index (χ2v) is 9.58. The first-order chi connectivity index (χ1) is 14.3. The van der Waals surface area contributed by atoms with Crippen molar-refractivity contribution in [3.8, 4) is 0 Å². The van der Waals surface area contributed by atoms with Crippen LogP contribution in [0.5, 0.6) is 0 Å². The van der Waals surface area contributed by atoms with Gasteiger partial charge in [-0.05, 0) is 34.4 Å². The molecule has 2 heterocycles. The van der Waals surface area contributed by atoms with E-state index in [0.717, 1.165) is 0 Å². The highest BCUT2D eigenvalue weighted by Crippen LogP contribution is 2.47. The fraction of sp³-hybridized carbons (Fsp3) is 0. The standard InChI is InChI=1S/C26H14INS/c27-28-20-13-14-22-23(19-11-5-6-12-21(19)29-22)25(20)24-17-9-3-1-7-15(17)16-8-2-4-10-18(16)26(24)28/h1-14H. The summed E-state index contributed by atoms with van der Waals surface area (Å²) in [5, 5.41) is 10.8. The maximum atomic E-state index is 2.49. The Kier molecular flexibility index (Phi) is 3.19. The molecule has 0 radical (unpaired) electrons. The first-order valence-corrected chi connectivity index (χ1v) is 11.4. The Morgan fingerprint density at radius 3 is 1.93 bits per heavy atom. The molecule has 0 amide bonds. The molecule has 5 aromatic carbocycles. The average Bonchev–Trinajstić information content (AvgIpc) is 3.29. The first-order valence-electron chi connectivity index (χ1n) is 9.67. The van der Waals surface area contributed by atoms with Crippen molar-refractivity contribution in [3.05, 3.63) is 84.9 Å². The minimum absolute atomic E-state index is 1.29. The van der Waals surface area contributed by atoms with Crippen molar-refractivity contribution in [3.63, 3.8) is 0 Å². The number of hydrogen-bond acceptors (Lipinski definition) is 1. The van der Waals surface area contributed by atoms with E-state index in [4.69, 9.17) is 0 Å². The van der Waals surface area contributed by atoms with E-state index in [1.807, 2.05) is 11.3 Å². The van der Waals surface area contributed by atoms with Gasteiger partial charge < -0.3 is 0 Å². The topological polar surface area (TPSA) is 4.93 Å². The third-order valence-corrected chi connectivity index (χ3v) is 8.22. The zero-order chi connectivity index (χ0) is 19.1. The molecule has 0 spiro atoms. The van der Waals surface area contributed by atoms with Gasteiger partial charge in [-0.15, -0.1) is 11.3 Å². The fourth-order valence-corrected chi connectivity index (χ4v) is 6.94. The van der Waals surface area contributed by atoms with Crippen LogP contribution < -0.4 is 0 Å². The molecule has 0 atom stereocenters. The Balaban J connectivity index is 1.93. The Bertz CT molecular complexity index is 1770. The minimum atomic E-state index is 1.29. The zero-order valence-electron chi connectivity index (χ0n) is 15.3. The van der Waals surface area contributed by atoms with E-state index >= 15 is 0 Å². The summed E-state index contributed by atoms with van der Waals surface area (Å²) in [6.07, 6.45) is 0. The lowest BCUT2D eigenvalue weighted by atomic mass is 9.95. The highest BCUT2D eigenvalue weighted by atomic mass is 127. The van der Waals surface area contributed by atoms with Crippen LogP contribution >= 0.6 is 34.2 Å². The van der Waals surface area contributed by atoms with E-state index in [1.165, 1.54) is 63.5 Å². The van der Waals surface area contributed by atoms with Gasteiger partial charge in [-0.25, -0.2) is 0 Å².